The molecule has 0 aliphatic carbocycles. The van der Waals surface area contributed by atoms with E-state index < -0.39 is 18.1 Å². The van der Waals surface area contributed by atoms with Crippen LogP contribution in [0.4, 0.5) is 0 Å². The molecule has 2 atom stereocenters. The summed E-state index contributed by atoms with van der Waals surface area (Å²) in [5.74, 6) is -1.86. The molecular weight excluding hydrogens is 432 g/mol. The molecule has 0 spiro atoms. The molecule has 7 N–H and O–H groups in total. The molecule has 11 heteroatoms. The second kappa shape index (κ2) is 13.6. The van der Waals surface area contributed by atoms with Gasteiger partial charge in [-0.3, -0.25) is 15.0 Å². The molecule has 0 saturated carbocycles. The molecule has 0 unspecified atom stereocenters. The van der Waals surface area contributed by atoms with E-state index in [-0.39, 0.29) is 30.7 Å². The third kappa shape index (κ3) is 9.15. The number of benzene rings is 1. The Kier molecular flexibility index (Phi) is 10.8. The number of aliphatic carboxylic acids is 1. The molecule has 0 aromatic heterocycles. The van der Waals surface area contributed by atoms with Crippen molar-refractivity contribution >= 4 is 35.7 Å². The van der Waals surface area contributed by atoms with Crippen molar-refractivity contribution in [1.82, 2.24) is 20.3 Å². The standard InChI is InChI=1S/C21H32N6O4S/c22-21(23)24-12-6-2-5-11-18(28)25-14-16(20(30)31)26-19(29)17-10-7-13-27(17)32-15-8-3-1-4-9-15/h1,3-4,8-9,16-17H,2,5-7,10-14H2,(H,25,28)(H,26,29)(H,30,31)(H4,22,23,24)/t16-,17-/m0/s1. The van der Waals surface area contributed by atoms with Gasteiger partial charge in [-0.1, -0.05) is 24.6 Å². The number of rotatable bonds is 13. The first kappa shape index (κ1) is 25.5. The van der Waals surface area contributed by atoms with Crippen LogP contribution in [0.1, 0.15) is 38.5 Å². The van der Waals surface area contributed by atoms with E-state index in [1.165, 1.54) is 11.9 Å². The molecule has 1 aromatic carbocycles. The number of nitrogens with zero attached hydrogens (tertiary/aromatic N) is 1. The molecule has 0 bridgehead atoms. The molecule has 1 aromatic rings. The number of carboxylic acid groups (broad SMARTS) is 1. The van der Waals surface area contributed by atoms with Crippen LogP contribution in [0.15, 0.2) is 35.2 Å². The Bertz CT molecular complexity index is 779. The predicted octanol–water partition coefficient (Wildman–Crippen LogP) is 0.887. The molecule has 10 nitrogen and oxygen atoms in total. The SMILES string of the molecule is N=C(N)NCCCCCC(=O)NC[C@H](NC(=O)[C@@H]1CCCN1Sc1ccccc1)C(=O)O. The van der Waals surface area contributed by atoms with E-state index in [0.717, 1.165) is 30.7 Å². The first-order valence-corrected chi connectivity index (χ1v) is 11.5. The van der Waals surface area contributed by atoms with E-state index in [1.54, 1.807) is 0 Å². The lowest BCUT2D eigenvalue weighted by atomic mass is 10.1. The number of nitrogens with one attached hydrogen (secondary N) is 4. The second-order valence-electron chi connectivity index (χ2n) is 7.56. The number of unbranched alkanes of at least 4 members (excludes halogenated alkanes) is 2. The lowest BCUT2D eigenvalue weighted by molar-refractivity contribution is -0.142. The van der Waals surface area contributed by atoms with Crippen molar-refractivity contribution in [3.63, 3.8) is 0 Å². The van der Waals surface area contributed by atoms with Gasteiger partial charge >= 0.3 is 5.97 Å². The van der Waals surface area contributed by atoms with Gasteiger partial charge in [0.2, 0.25) is 11.8 Å². The Hall–Kier alpha value is -2.79. The van der Waals surface area contributed by atoms with E-state index in [1.807, 2.05) is 34.6 Å². The largest absolute Gasteiger partial charge is 0.480 e. The van der Waals surface area contributed by atoms with Crippen molar-refractivity contribution < 1.29 is 19.5 Å². The summed E-state index contributed by atoms with van der Waals surface area (Å²) in [6, 6.07) is 8.12. The summed E-state index contributed by atoms with van der Waals surface area (Å²) in [5.41, 5.74) is 5.19. The highest BCUT2D eigenvalue weighted by Crippen LogP contribution is 2.31. The van der Waals surface area contributed by atoms with Crippen LogP contribution in [0.3, 0.4) is 0 Å². The lowest BCUT2D eigenvalue weighted by Crippen LogP contribution is -2.52. The number of carbonyl (C=O) groups is 3. The Labute approximate surface area is 192 Å². The van der Waals surface area contributed by atoms with E-state index in [4.69, 9.17) is 11.1 Å². The van der Waals surface area contributed by atoms with Gasteiger partial charge in [-0.25, -0.2) is 9.10 Å². The molecule has 1 aliphatic heterocycles. The zero-order valence-electron chi connectivity index (χ0n) is 18.0. The van der Waals surface area contributed by atoms with Crippen LogP contribution in [-0.4, -0.2) is 64.9 Å². The molecule has 32 heavy (non-hydrogen) atoms. The first-order valence-electron chi connectivity index (χ1n) is 10.7. The molecule has 1 saturated heterocycles. The van der Waals surface area contributed by atoms with Crippen molar-refractivity contribution in [2.75, 3.05) is 19.6 Å². The molecule has 1 heterocycles. The van der Waals surface area contributed by atoms with E-state index in [0.29, 0.717) is 19.4 Å². The average Bonchev–Trinajstić information content (AvgIpc) is 3.22. The molecule has 176 valence electrons. The molecule has 1 fully saturated rings. The van der Waals surface area contributed by atoms with Crippen LogP contribution >= 0.6 is 11.9 Å². The molecule has 1 aliphatic rings. The van der Waals surface area contributed by atoms with E-state index in [2.05, 4.69) is 16.0 Å². The topological polar surface area (TPSA) is 161 Å². The Morgan fingerprint density at radius 1 is 1.19 bits per heavy atom. The van der Waals surface area contributed by atoms with Crippen LogP contribution in [0.5, 0.6) is 0 Å². The van der Waals surface area contributed by atoms with Crippen molar-refractivity contribution in [2.45, 2.75) is 55.5 Å². The molecule has 2 amide bonds. The molecule has 2 rings (SSSR count). The van der Waals surface area contributed by atoms with E-state index >= 15 is 0 Å². The minimum absolute atomic E-state index is 0.0797. The summed E-state index contributed by atoms with van der Waals surface area (Å²) in [6.07, 6.45) is 3.98. The fraction of sp³-hybridized carbons (Fsp3) is 0.524. The van der Waals surface area contributed by atoms with Gasteiger partial charge in [-0.05, 0) is 49.8 Å². The zero-order chi connectivity index (χ0) is 23.3. The highest BCUT2D eigenvalue weighted by Gasteiger charge is 2.33. The van der Waals surface area contributed by atoms with Crippen LogP contribution in [-0.2, 0) is 14.4 Å². The molecular formula is C21H32N6O4S. The Balaban J connectivity index is 1.74. The zero-order valence-corrected chi connectivity index (χ0v) is 18.8. The minimum atomic E-state index is -1.19. The van der Waals surface area contributed by atoms with Gasteiger partial charge < -0.3 is 26.8 Å². The smallest absolute Gasteiger partial charge is 0.328 e. The van der Waals surface area contributed by atoms with Crippen molar-refractivity contribution in [3.8, 4) is 0 Å². The van der Waals surface area contributed by atoms with Crippen LogP contribution < -0.4 is 21.7 Å². The summed E-state index contributed by atoms with van der Waals surface area (Å²) in [4.78, 5) is 37.4. The number of hydrogen-bond acceptors (Lipinski definition) is 6. The lowest BCUT2D eigenvalue weighted by Gasteiger charge is -2.24. The minimum Gasteiger partial charge on any atom is -0.480 e. The third-order valence-corrected chi connectivity index (χ3v) is 6.14. The number of hydrogen-bond donors (Lipinski definition) is 6. The summed E-state index contributed by atoms with van der Waals surface area (Å²) in [5, 5.41) is 24.4. The van der Waals surface area contributed by atoms with Crippen LogP contribution in [0.2, 0.25) is 0 Å². The number of carbonyl (C=O) groups excluding carboxylic acids is 2. The van der Waals surface area contributed by atoms with E-state index in [9.17, 15) is 19.5 Å². The molecule has 0 radical (unpaired) electrons. The van der Waals surface area contributed by atoms with Crippen molar-refractivity contribution in [1.29, 1.82) is 5.41 Å². The third-order valence-electron chi connectivity index (χ3n) is 4.99. The Morgan fingerprint density at radius 2 is 1.94 bits per heavy atom. The highest BCUT2D eigenvalue weighted by molar-refractivity contribution is 7.97. The maximum atomic E-state index is 12.8. The number of amides is 2. The highest BCUT2D eigenvalue weighted by atomic mass is 32.2. The Morgan fingerprint density at radius 3 is 2.62 bits per heavy atom. The first-order chi connectivity index (χ1) is 15.4. The number of nitrogens with two attached hydrogens (primary N) is 1. The average molecular weight is 465 g/mol. The van der Waals surface area contributed by atoms with Gasteiger partial charge in [0.05, 0.1) is 6.04 Å². The monoisotopic (exact) mass is 464 g/mol. The predicted molar refractivity (Wildman–Crippen MR) is 123 cm³/mol. The van der Waals surface area contributed by atoms with Crippen molar-refractivity contribution in [3.05, 3.63) is 30.3 Å². The van der Waals surface area contributed by atoms with Gasteiger partial charge in [-0.15, -0.1) is 0 Å². The number of carboxylic acids is 1. The normalized spacial score (nSPS) is 16.8. The van der Waals surface area contributed by atoms with Gasteiger partial charge in [0.25, 0.3) is 0 Å². The summed E-state index contributed by atoms with van der Waals surface area (Å²) in [6.45, 7) is 1.16. The van der Waals surface area contributed by atoms with Gasteiger partial charge in [0.15, 0.2) is 5.96 Å². The van der Waals surface area contributed by atoms with Gasteiger partial charge in [-0.2, -0.15) is 0 Å². The van der Waals surface area contributed by atoms with Crippen LogP contribution in [0.25, 0.3) is 0 Å². The van der Waals surface area contributed by atoms with Gasteiger partial charge in [0, 0.05) is 31.0 Å². The maximum Gasteiger partial charge on any atom is 0.328 e. The summed E-state index contributed by atoms with van der Waals surface area (Å²) >= 11 is 1.49. The number of guanidine groups is 1. The van der Waals surface area contributed by atoms with Crippen LogP contribution in [0, 0.1) is 5.41 Å². The summed E-state index contributed by atoms with van der Waals surface area (Å²) < 4.78 is 1.98. The quantitative estimate of drug-likeness (QED) is 0.109. The second-order valence-corrected chi connectivity index (χ2v) is 8.68. The van der Waals surface area contributed by atoms with Gasteiger partial charge in [0.1, 0.15) is 6.04 Å². The summed E-state index contributed by atoms with van der Waals surface area (Å²) in [7, 11) is 0. The fourth-order valence-electron chi connectivity index (χ4n) is 3.31. The maximum absolute atomic E-state index is 12.8. The van der Waals surface area contributed by atoms with Crippen molar-refractivity contribution in [2.24, 2.45) is 5.73 Å². The fourth-order valence-corrected chi connectivity index (χ4v) is 4.41.